The Morgan fingerprint density at radius 2 is 1.56 bits per heavy atom. The van der Waals surface area contributed by atoms with Crippen molar-refractivity contribution < 1.29 is 9.59 Å². The molecule has 2 aromatic carbocycles. The Kier molecular flexibility index (Phi) is 6.09. The fourth-order valence-corrected chi connectivity index (χ4v) is 2.51. The quantitative estimate of drug-likeness (QED) is 0.747. The number of carbonyl (C=O) groups is 2. The second kappa shape index (κ2) is 7.89. The summed E-state index contributed by atoms with van der Waals surface area (Å²) in [4.78, 5) is 25.0. The number of rotatable bonds is 5. The van der Waals surface area contributed by atoms with E-state index in [4.69, 9.17) is 23.2 Å². The van der Waals surface area contributed by atoms with E-state index < -0.39 is 5.41 Å². The Labute approximate surface area is 157 Å². The molecule has 132 valence electrons. The van der Waals surface area contributed by atoms with Crippen molar-refractivity contribution in [2.75, 3.05) is 5.32 Å². The number of carbonyl (C=O) groups excluding carboxylic acids is 2. The number of nitrogens with one attached hydrogen (secondary N) is 2. The Hall–Kier alpha value is -2.04. The van der Waals surface area contributed by atoms with Gasteiger partial charge in [-0.25, -0.2) is 0 Å². The van der Waals surface area contributed by atoms with Gasteiger partial charge >= 0.3 is 0 Å². The molecule has 0 aromatic heterocycles. The molecule has 2 aromatic rings. The molecule has 0 saturated heterocycles. The third-order valence-electron chi connectivity index (χ3n) is 3.94. The number of hydrogen-bond donors (Lipinski definition) is 2. The molecular weight excluding hydrogens is 359 g/mol. The maximum Gasteiger partial charge on any atom is 0.239 e. The van der Waals surface area contributed by atoms with Gasteiger partial charge in [-0.2, -0.15) is 0 Å². The molecule has 0 bridgehead atoms. The molecule has 0 aliphatic carbocycles. The van der Waals surface area contributed by atoms with Gasteiger partial charge in [0, 0.05) is 22.3 Å². The van der Waals surface area contributed by atoms with E-state index in [2.05, 4.69) is 10.6 Å². The molecule has 0 radical (unpaired) electrons. The Morgan fingerprint density at radius 1 is 0.960 bits per heavy atom. The van der Waals surface area contributed by atoms with Crippen LogP contribution < -0.4 is 10.6 Å². The molecule has 0 spiro atoms. The fourth-order valence-electron chi connectivity index (χ4n) is 2.15. The van der Waals surface area contributed by atoms with E-state index in [1.807, 2.05) is 19.1 Å². The molecule has 0 saturated carbocycles. The normalized spacial score (nSPS) is 11.1. The van der Waals surface area contributed by atoms with E-state index in [0.29, 0.717) is 22.3 Å². The zero-order chi connectivity index (χ0) is 18.6. The molecule has 2 rings (SSSR count). The summed E-state index contributed by atoms with van der Waals surface area (Å²) in [6, 6.07) is 12.3. The maximum atomic E-state index is 12.5. The second-order valence-corrected chi connectivity index (χ2v) is 7.22. The van der Waals surface area contributed by atoms with Crippen LogP contribution in [0.2, 0.25) is 10.0 Å². The second-order valence-electron chi connectivity index (χ2n) is 6.35. The van der Waals surface area contributed by atoms with Crippen LogP contribution in [0.4, 0.5) is 5.69 Å². The van der Waals surface area contributed by atoms with Gasteiger partial charge in [-0.15, -0.1) is 0 Å². The number of aryl methyl sites for hydroxylation is 1. The molecule has 4 nitrogen and oxygen atoms in total. The van der Waals surface area contributed by atoms with Gasteiger partial charge in [-0.05, 0) is 62.2 Å². The average molecular weight is 379 g/mol. The Bertz CT molecular complexity index is 787. The third-order valence-corrected chi connectivity index (χ3v) is 4.43. The summed E-state index contributed by atoms with van der Waals surface area (Å²) in [6.07, 6.45) is 0. The van der Waals surface area contributed by atoms with Gasteiger partial charge in [0.15, 0.2) is 0 Å². The predicted molar refractivity (Wildman–Crippen MR) is 102 cm³/mol. The predicted octanol–water partition coefficient (Wildman–Crippen LogP) is 4.58. The first-order chi connectivity index (χ1) is 11.7. The molecule has 0 unspecified atom stereocenters. The summed E-state index contributed by atoms with van der Waals surface area (Å²) in [5, 5.41) is 6.80. The van der Waals surface area contributed by atoms with Crippen molar-refractivity contribution in [3.8, 4) is 0 Å². The standard InChI is InChI=1S/C19H20Cl2N2O2/c1-12-10-15(21)8-9-16(12)23-18(25)19(2,3)17(24)22-11-13-4-6-14(20)7-5-13/h4-10H,11H2,1-3H3,(H,22,24)(H,23,25). The van der Waals surface area contributed by atoms with Gasteiger partial charge in [0.2, 0.25) is 11.8 Å². The topological polar surface area (TPSA) is 58.2 Å². The largest absolute Gasteiger partial charge is 0.351 e. The first-order valence-corrected chi connectivity index (χ1v) is 8.56. The lowest BCUT2D eigenvalue weighted by Gasteiger charge is -2.23. The van der Waals surface area contributed by atoms with Crippen molar-refractivity contribution in [3.63, 3.8) is 0 Å². The van der Waals surface area contributed by atoms with Crippen LogP contribution >= 0.6 is 23.2 Å². The van der Waals surface area contributed by atoms with Crippen LogP contribution in [-0.4, -0.2) is 11.8 Å². The molecule has 2 amide bonds. The van der Waals surface area contributed by atoms with Crippen molar-refractivity contribution in [1.29, 1.82) is 0 Å². The summed E-state index contributed by atoms with van der Waals surface area (Å²) in [7, 11) is 0. The lowest BCUT2D eigenvalue weighted by molar-refractivity contribution is -0.138. The molecule has 25 heavy (non-hydrogen) atoms. The van der Waals surface area contributed by atoms with E-state index in [0.717, 1.165) is 11.1 Å². The minimum atomic E-state index is -1.22. The fraction of sp³-hybridized carbons (Fsp3) is 0.263. The Balaban J connectivity index is 2.01. The van der Waals surface area contributed by atoms with Gasteiger partial charge in [0.05, 0.1) is 0 Å². The van der Waals surface area contributed by atoms with E-state index in [9.17, 15) is 9.59 Å². The van der Waals surface area contributed by atoms with E-state index in [1.54, 1.807) is 44.2 Å². The van der Waals surface area contributed by atoms with Crippen LogP contribution in [0, 0.1) is 12.3 Å². The highest BCUT2D eigenvalue weighted by Crippen LogP contribution is 2.23. The van der Waals surface area contributed by atoms with Gasteiger partial charge < -0.3 is 10.6 Å². The molecule has 0 aliphatic heterocycles. The van der Waals surface area contributed by atoms with Crippen molar-refractivity contribution in [3.05, 3.63) is 63.6 Å². The van der Waals surface area contributed by atoms with Gasteiger partial charge in [-0.1, -0.05) is 35.3 Å². The Morgan fingerprint density at radius 3 is 2.16 bits per heavy atom. The zero-order valence-corrected chi connectivity index (χ0v) is 15.8. The number of benzene rings is 2. The van der Waals surface area contributed by atoms with Crippen LogP contribution in [0.1, 0.15) is 25.0 Å². The summed E-state index contributed by atoms with van der Waals surface area (Å²) in [6.45, 7) is 5.34. The summed E-state index contributed by atoms with van der Waals surface area (Å²) >= 11 is 11.8. The van der Waals surface area contributed by atoms with Crippen molar-refractivity contribution >= 4 is 40.7 Å². The average Bonchev–Trinajstić information content (AvgIpc) is 2.56. The highest BCUT2D eigenvalue weighted by atomic mass is 35.5. The number of hydrogen-bond acceptors (Lipinski definition) is 2. The first kappa shape index (κ1) is 19.3. The molecule has 0 aliphatic rings. The first-order valence-electron chi connectivity index (χ1n) is 7.80. The van der Waals surface area contributed by atoms with Crippen molar-refractivity contribution in [1.82, 2.24) is 5.32 Å². The van der Waals surface area contributed by atoms with Crippen molar-refractivity contribution in [2.45, 2.75) is 27.3 Å². The van der Waals surface area contributed by atoms with Crippen LogP contribution in [-0.2, 0) is 16.1 Å². The lowest BCUT2D eigenvalue weighted by Crippen LogP contribution is -2.44. The van der Waals surface area contributed by atoms with Gasteiger partial charge in [0.1, 0.15) is 5.41 Å². The van der Waals surface area contributed by atoms with Crippen LogP contribution in [0.3, 0.4) is 0 Å². The third kappa shape index (κ3) is 4.97. The molecule has 6 heteroatoms. The smallest absolute Gasteiger partial charge is 0.239 e. The van der Waals surface area contributed by atoms with E-state index >= 15 is 0 Å². The minimum absolute atomic E-state index is 0.326. The lowest BCUT2D eigenvalue weighted by atomic mass is 9.90. The summed E-state index contributed by atoms with van der Waals surface area (Å²) in [5.41, 5.74) is 1.15. The number of amides is 2. The molecule has 2 N–H and O–H groups in total. The van der Waals surface area contributed by atoms with Crippen LogP contribution in [0.25, 0.3) is 0 Å². The SMILES string of the molecule is Cc1cc(Cl)ccc1NC(=O)C(C)(C)C(=O)NCc1ccc(Cl)cc1. The van der Waals surface area contributed by atoms with E-state index in [1.165, 1.54) is 0 Å². The zero-order valence-electron chi connectivity index (χ0n) is 14.3. The summed E-state index contributed by atoms with van der Waals surface area (Å²) in [5.74, 6) is -0.738. The molecule has 0 heterocycles. The van der Waals surface area contributed by atoms with Crippen LogP contribution in [0.15, 0.2) is 42.5 Å². The minimum Gasteiger partial charge on any atom is -0.351 e. The molecule has 0 fully saturated rings. The highest BCUT2D eigenvalue weighted by molar-refractivity contribution is 6.31. The molecule has 0 atom stereocenters. The number of anilines is 1. The van der Waals surface area contributed by atoms with Gasteiger partial charge in [0.25, 0.3) is 0 Å². The van der Waals surface area contributed by atoms with Crippen LogP contribution in [0.5, 0.6) is 0 Å². The highest BCUT2D eigenvalue weighted by Gasteiger charge is 2.36. The maximum absolute atomic E-state index is 12.5. The monoisotopic (exact) mass is 378 g/mol. The molecular formula is C19H20Cl2N2O2. The summed E-state index contributed by atoms with van der Waals surface area (Å²) < 4.78 is 0. The van der Waals surface area contributed by atoms with E-state index in [-0.39, 0.29) is 11.8 Å². The van der Waals surface area contributed by atoms with Crippen molar-refractivity contribution in [2.24, 2.45) is 5.41 Å². The number of halogens is 2. The van der Waals surface area contributed by atoms with Gasteiger partial charge in [-0.3, -0.25) is 9.59 Å².